The summed E-state index contributed by atoms with van der Waals surface area (Å²) in [5.41, 5.74) is 12.5. The lowest BCUT2D eigenvalue weighted by Gasteiger charge is -2.33. The quantitative estimate of drug-likeness (QED) is 0.593. The number of carbonyl (C=O) groups excluding carboxylic acids is 1. The minimum Gasteiger partial charge on any atom is -0.397 e. The number of nitrogens with two attached hydrogens (primary N) is 2. The van der Waals surface area contributed by atoms with Gasteiger partial charge in [0.15, 0.2) is 11.5 Å². The molecule has 5 N–H and O–H groups in total. The first-order valence-corrected chi connectivity index (χ1v) is 9.91. The molecule has 0 aliphatic carbocycles. The lowest BCUT2D eigenvalue weighted by molar-refractivity contribution is 0.102. The number of pyridine rings is 2. The Morgan fingerprint density at radius 1 is 1.19 bits per heavy atom. The second-order valence-electron chi connectivity index (χ2n) is 7.43. The fourth-order valence-electron chi connectivity index (χ4n) is 3.70. The Morgan fingerprint density at radius 2 is 2.00 bits per heavy atom. The minimum atomic E-state index is -0.816. The van der Waals surface area contributed by atoms with Gasteiger partial charge in [-0.3, -0.25) is 9.78 Å². The van der Waals surface area contributed by atoms with E-state index in [0.29, 0.717) is 12.2 Å². The third-order valence-corrected chi connectivity index (χ3v) is 5.19. The Balaban J connectivity index is 1.66. The highest BCUT2D eigenvalue weighted by Gasteiger charge is 2.23. The maximum Gasteiger partial charge on any atom is 0.276 e. The molecule has 9 heteroatoms. The van der Waals surface area contributed by atoms with Gasteiger partial charge in [0.25, 0.3) is 5.91 Å². The summed E-state index contributed by atoms with van der Waals surface area (Å²) < 4.78 is 28.6. The average Bonchev–Trinajstić information content (AvgIpc) is 2.75. The van der Waals surface area contributed by atoms with Crippen LogP contribution >= 0.6 is 0 Å². The molecule has 0 radical (unpaired) electrons. The van der Waals surface area contributed by atoms with Crippen LogP contribution in [-0.4, -0.2) is 35.0 Å². The second-order valence-corrected chi connectivity index (χ2v) is 7.43. The summed E-state index contributed by atoms with van der Waals surface area (Å²) in [6.07, 6.45) is 5.03. The van der Waals surface area contributed by atoms with Gasteiger partial charge in [-0.15, -0.1) is 0 Å². The molecule has 1 aliphatic rings. The van der Waals surface area contributed by atoms with E-state index < -0.39 is 17.5 Å². The van der Waals surface area contributed by atoms with Crippen molar-refractivity contribution in [1.82, 2.24) is 9.97 Å². The van der Waals surface area contributed by atoms with Crippen LogP contribution in [0.3, 0.4) is 0 Å². The Labute approximate surface area is 178 Å². The zero-order valence-corrected chi connectivity index (χ0v) is 16.7. The smallest absolute Gasteiger partial charge is 0.276 e. The highest BCUT2D eigenvalue weighted by molar-refractivity contribution is 6.08. The van der Waals surface area contributed by atoms with E-state index in [4.69, 9.17) is 11.5 Å². The topological polar surface area (TPSA) is 110 Å². The summed E-state index contributed by atoms with van der Waals surface area (Å²) in [5.74, 6) is -2.12. The standard InChI is InChI=1S/C22H22F2N6O/c23-15-6-2-1-5-14(15)20-16(24)10-17(26)21(29-20)22(31)28-18-11-27-8-7-19(18)30-9-3-4-13(25)12-30/h1-2,5-8,10-11,13H,3-4,9,12,25-26H2,(H,28,31)/t13-/m0/s1. The van der Waals surface area contributed by atoms with Crippen LogP contribution in [0.15, 0.2) is 48.8 Å². The molecule has 0 bridgehead atoms. The normalized spacial score (nSPS) is 16.2. The van der Waals surface area contributed by atoms with E-state index in [1.165, 1.54) is 24.4 Å². The van der Waals surface area contributed by atoms with E-state index in [1.807, 2.05) is 0 Å². The fourth-order valence-corrected chi connectivity index (χ4v) is 3.70. The number of carbonyl (C=O) groups is 1. The number of hydrogen-bond acceptors (Lipinski definition) is 6. The predicted octanol–water partition coefficient (Wildman–Crippen LogP) is 3.18. The van der Waals surface area contributed by atoms with Crippen LogP contribution in [0.25, 0.3) is 11.3 Å². The van der Waals surface area contributed by atoms with E-state index >= 15 is 0 Å². The van der Waals surface area contributed by atoms with Crippen LogP contribution in [0.5, 0.6) is 0 Å². The highest BCUT2D eigenvalue weighted by atomic mass is 19.1. The Hall–Kier alpha value is -3.59. The van der Waals surface area contributed by atoms with Gasteiger partial charge < -0.3 is 21.7 Å². The van der Waals surface area contributed by atoms with Gasteiger partial charge in [0, 0.05) is 37.0 Å². The van der Waals surface area contributed by atoms with Gasteiger partial charge in [0.2, 0.25) is 0 Å². The number of halogens is 2. The molecule has 160 valence electrons. The number of benzene rings is 1. The Bertz CT molecular complexity index is 1120. The Morgan fingerprint density at radius 3 is 2.77 bits per heavy atom. The summed E-state index contributed by atoms with van der Waals surface area (Å²) in [5, 5.41) is 2.75. The van der Waals surface area contributed by atoms with E-state index in [1.54, 1.807) is 18.3 Å². The molecule has 31 heavy (non-hydrogen) atoms. The molecule has 0 saturated carbocycles. The molecule has 1 amide bonds. The molecular weight excluding hydrogens is 402 g/mol. The Kier molecular flexibility index (Phi) is 5.77. The number of amides is 1. The molecule has 0 spiro atoms. The highest BCUT2D eigenvalue weighted by Crippen LogP contribution is 2.30. The summed E-state index contributed by atoms with van der Waals surface area (Å²) in [6, 6.07) is 8.43. The number of rotatable bonds is 4. The summed E-state index contributed by atoms with van der Waals surface area (Å²) in [7, 11) is 0. The first-order chi connectivity index (χ1) is 14.9. The van der Waals surface area contributed by atoms with E-state index in [0.717, 1.165) is 31.1 Å². The van der Waals surface area contributed by atoms with Gasteiger partial charge >= 0.3 is 0 Å². The molecule has 1 atom stereocenters. The molecule has 2 aromatic heterocycles. The molecule has 1 saturated heterocycles. The van der Waals surface area contributed by atoms with Gasteiger partial charge in [-0.1, -0.05) is 12.1 Å². The molecule has 7 nitrogen and oxygen atoms in total. The zero-order valence-electron chi connectivity index (χ0n) is 16.7. The lowest BCUT2D eigenvalue weighted by Crippen LogP contribution is -2.43. The number of anilines is 3. The maximum absolute atomic E-state index is 14.5. The van der Waals surface area contributed by atoms with Gasteiger partial charge in [-0.05, 0) is 31.0 Å². The van der Waals surface area contributed by atoms with E-state index in [-0.39, 0.29) is 28.7 Å². The van der Waals surface area contributed by atoms with Crippen LogP contribution in [-0.2, 0) is 0 Å². The van der Waals surface area contributed by atoms with Crippen molar-refractivity contribution in [3.05, 3.63) is 66.1 Å². The monoisotopic (exact) mass is 424 g/mol. The van der Waals surface area contributed by atoms with Crippen molar-refractivity contribution in [2.75, 3.05) is 29.0 Å². The summed E-state index contributed by atoms with van der Waals surface area (Å²) >= 11 is 0. The molecule has 1 fully saturated rings. The van der Waals surface area contributed by atoms with Crippen LogP contribution in [0.2, 0.25) is 0 Å². The molecule has 3 heterocycles. The van der Waals surface area contributed by atoms with Gasteiger partial charge in [0.05, 0.1) is 23.3 Å². The second kappa shape index (κ2) is 8.65. The van der Waals surface area contributed by atoms with Crippen molar-refractivity contribution in [2.45, 2.75) is 18.9 Å². The van der Waals surface area contributed by atoms with Crippen LogP contribution in [0.1, 0.15) is 23.3 Å². The fraction of sp³-hybridized carbons (Fsp3) is 0.227. The summed E-state index contributed by atoms with van der Waals surface area (Å²) in [6.45, 7) is 1.45. The van der Waals surface area contributed by atoms with Gasteiger partial charge in [-0.25, -0.2) is 13.8 Å². The van der Waals surface area contributed by atoms with Crippen LogP contribution in [0.4, 0.5) is 25.8 Å². The van der Waals surface area contributed by atoms with E-state index in [9.17, 15) is 13.6 Å². The third-order valence-electron chi connectivity index (χ3n) is 5.19. The number of hydrogen-bond donors (Lipinski definition) is 3. The van der Waals surface area contributed by atoms with Crippen molar-refractivity contribution in [3.8, 4) is 11.3 Å². The van der Waals surface area contributed by atoms with Crippen LogP contribution < -0.4 is 21.7 Å². The number of nitrogens with zero attached hydrogens (tertiary/aromatic N) is 3. The minimum absolute atomic E-state index is 0.0446. The van der Waals surface area contributed by atoms with Crippen molar-refractivity contribution >= 4 is 23.0 Å². The van der Waals surface area contributed by atoms with E-state index in [2.05, 4.69) is 20.2 Å². The van der Waals surface area contributed by atoms with Gasteiger partial charge in [-0.2, -0.15) is 0 Å². The molecule has 1 aliphatic heterocycles. The number of aromatic nitrogens is 2. The van der Waals surface area contributed by atoms with Crippen molar-refractivity contribution in [1.29, 1.82) is 0 Å². The maximum atomic E-state index is 14.5. The van der Waals surface area contributed by atoms with Crippen molar-refractivity contribution < 1.29 is 13.6 Å². The molecular formula is C22H22F2N6O. The number of nitrogens with one attached hydrogen (secondary N) is 1. The largest absolute Gasteiger partial charge is 0.397 e. The average molecular weight is 424 g/mol. The van der Waals surface area contributed by atoms with Crippen molar-refractivity contribution in [2.24, 2.45) is 5.73 Å². The molecule has 1 aromatic carbocycles. The van der Waals surface area contributed by atoms with Crippen LogP contribution in [0, 0.1) is 11.6 Å². The van der Waals surface area contributed by atoms with Gasteiger partial charge in [0.1, 0.15) is 11.5 Å². The first kappa shape index (κ1) is 20.7. The molecule has 0 unspecified atom stereocenters. The zero-order chi connectivity index (χ0) is 22.0. The first-order valence-electron chi connectivity index (χ1n) is 9.91. The number of piperidine rings is 1. The summed E-state index contributed by atoms with van der Waals surface area (Å²) in [4.78, 5) is 23.2. The predicted molar refractivity (Wildman–Crippen MR) is 116 cm³/mol. The SMILES string of the molecule is Nc1cc(F)c(-c2ccccc2F)nc1C(=O)Nc1cnccc1N1CCC[C@H](N)C1. The van der Waals surface area contributed by atoms with Crippen molar-refractivity contribution in [3.63, 3.8) is 0 Å². The molecule has 4 rings (SSSR count). The third kappa shape index (κ3) is 4.31. The molecule has 3 aromatic rings. The number of nitrogen functional groups attached to an aromatic ring is 1. The lowest BCUT2D eigenvalue weighted by atomic mass is 10.1.